The first-order valence-corrected chi connectivity index (χ1v) is 10.9. The van der Waals surface area contributed by atoms with Gasteiger partial charge in [0.05, 0.1) is 31.9 Å². The van der Waals surface area contributed by atoms with Crippen molar-refractivity contribution in [1.29, 1.82) is 0 Å². The van der Waals surface area contributed by atoms with Gasteiger partial charge in [0.2, 0.25) is 0 Å². The number of carbonyl (C=O) groups is 2. The van der Waals surface area contributed by atoms with E-state index in [4.69, 9.17) is 9.47 Å². The third-order valence-corrected chi connectivity index (χ3v) is 6.18. The Morgan fingerprint density at radius 2 is 1.82 bits per heavy atom. The molecule has 0 bridgehead atoms. The van der Waals surface area contributed by atoms with Crippen LogP contribution < -0.4 is 4.74 Å². The van der Waals surface area contributed by atoms with E-state index >= 15 is 0 Å². The predicted molar refractivity (Wildman–Crippen MR) is 120 cm³/mol. The smallest absolute Gasteiger partial charge is 0.295 e. The molecule has 1 atom stereocenters. The number of ether oxygens (including phenoxy) is 2. The molecule has 0 unspecified atom stereocenters. The number of aliphatic hydroxyl groups is 1. The number of carbonyl (C=O) groups excluding carboxylic acids is 2. The van der Waals surface area contributed by atoms with Gasteiger partial charge in [-0.1, -0.05) is 12.1 Å². The molecule has 0 radical (unpaired) electrons. The van der Waals surface area contributed by atoms with E-state index in [9.17, 15) is 19.1 Å². The van der Waals surface area contributed by atoms with E-state index in [1.54, 1.807) is 44.4 Å². The highest BCUT2D eigenvalue weighted by Gasteiger charge is 2.46. The molecule has 2 saturated heterocycles. The van der Waals surface area contributed by atoms with Gasteiger partial charge in [-0.15, -0.1) is 0 Å². The summed E-state index contributed by atoms with van der Waals surface area (Å²) in [7, 11) is 1.54. The number of Topliss-reactive ketones (excluding diaryl/α,β-unsaturated/α-hetero) is 1. The number of aliphatic hydroxyl groups excluding tert-OH is 1. The fourth-order valence-corrected chi connectivity index (χ4v) is 4.35. The first-order valence-electron chi connectivity index (χ1n) is 10.9. The lowest BCUT2D eigenvalue weighted by Crippen LogP contribution is -2.42. The average molecular weight is 454 g/mol. The van der Waals surface area contributed by atoms with Gasteiger partial charge in [-0.2, -0.15) is 0 Å². The van der Waals surface area contributed by atoms with Gasteiger partial charge in [0.1, 0.15) is 17.3 Å². The van der Waals surface area contributed by atoms with Crippen LogP contribution in [0.3, 0.4) is 0 Å². The summed E-state index contributed by atoms with van der Waals surface area (Å²) in [4.78, 5) is 29.8. The summed E-state index contributed by atoms with van der Waals surface area (Å²) in [5.74, 6) is -1.49. The minimum Gasteiger partial charge on any atom is -0.507 e. The van der Waals surface area contributed by atoms with Crippen LogP contribution in [0.2, 0.25) is 0 Å². The highest BCUT2D eigenvalue weighted by molar-refractivity contribution is 6.46. The highest BCUT2D eigenvalue weighted by Crippen LogP contribution is 2.40. The third kappa shape index (κ3) is 4.62. The van der Waals surface area contributed by atoms with Gasteiger partial charge in [0.25, 0.3) is 11.7 Å². The Hall–Kier alpha value is -3.23. The number of methoxy groups -OCH3 is 1. The van der Waals surface area contributed by atoms with Gasteiger partial charge in [-0.3, -0.25) is 14.5 Å². The van der Waals surface area contributed by atoms with Gasteiger partial charge in [-0.05, 0) is 48.4 Å². The maximum absolute atomic E-state index is 13.6. The number of hydrogen-bond donors (Lipinski definition) is 1. The zero-order valence-corrected chi connectivity index (χ0v) is 18.7. The third-order valence-electron chi connectivity index (χ3n) is 6.18. The van der Waals surface area contributed by atoms with Crippen molar-refractivity contribution in [2.75, 3.05) is 46.5 Å². The second-order valence-electron chi connectivity index (χ2n) is 8.18. The summed E-state index contributed by atoms with van der Waals surface area (Å²) < 4.78 is 24.2. The molecule has 0 saturated carbocycles. The van der Waals surface area contributed by atoms with Crippen LogP contribution in [0.4, 0.5) is 4.39 Å². The number of halogens is 1. The van der Waals surface area contributed by atoms with E-state index in [2.05, 4.69) is 4.90 Å². The quantitative estimate of drug-likeness (QED) is 0.411. The molecule has 33 heavy (non-hydrogen) atoms. The summed E-state index contributed by atoms with van der Waals surface area (Å²) in [6, 6.07) is 9.94. The first-order chi connectivity index (χ1) is 15.9. The van der Waals surface area contributed by atoms with Crippen LogP contribution >= 0.6 is 0 Å². The Bertz CT molecular complexity index is 1080. The van der Waals surface area contributed by atoms with Crippen LogP contribution in [0, 0.1) is 12.7 Å². The number of nitrogens with zero attached hydrogens (tertiary/aromatic N) is 2. The molecule has 2 aromatic rings. The van der Waals surface area contributed by atoms with Crippen molar-refractivity contribution in [3.05, 3.63) is 70.5 Å². The standard InChI is InChI=1S/C25H27FN2O5/c1-16-15-19(32-2)7-8-20(16)23(29)21-22(17-3-5-18(26)6-4-17)28(25(31)24(21)30)10-9-27-11-13-33-14-12-27/h3-8,15,22,29H,9-14H2,1-2H3/b23-21+/t22-/m0/s1. The fraction of sp³-hybridized carbons (Fsp3) is 0.360. The van der Waals surface area contributed by atoms with E-state index in [0.29, 0.717) is 48.7 Å². The van der Waals surface area contributed by atoms with Crippen LogP contribution in [0.25, 0.3) is 5.76 Å². The van der Waals surface area contributed by atoms with Crippen molar-refractivity contribution in [3.63, 3.8) is 0 Å². The van der Waals surface area contributed by atoms with Gasteiger partial charge in [0, 0.05) is 31.7 Å². The maximum Gasteiger partial charge on any atom is 0.295 e. The largest absolute Gasteiger partial charge is 0.507 e. The van der Waals surface area contributed by atoms with Gasteiger partial charge >= 0.3 is 0 Å². The second-order valence-corrected chi connectivity index (χ2v) is 8.18. The predicted octanol–water partition coefficient (Wildman–Crippen LogP) is 2.90. The lowest BCUT2D eigenvalue weighted by Gasteiger charge is -2.31. The first kappa shape index (κ1) is 22.9. The zero-order valence-electron chi connectivity index (χ0n) is 18.7. The number of ketones is 1. The number of rotatable bonds is 6. The SMILES string of the molecule is COc1ccc(/C(O)=C2\C(=O)C(=O)N(CCN3CCOCC3)[C@H]2c2ccc(F)cc2)c(C)c1. The number of hydrogen-bond acceptors (Lipinski definition) is 6. The molecule has 2 aromatic carbocycles. The van der Waals surface area contributed by atoms with Crippen molar-refractivity contribution >= 4 is 17.4 Å². The monoisotopic (exact) mass is 454 g/mol. The second kappa shape index (κ2) is 9.72. The van der Waals surface area contributed by atoms with Crippen LogP contribution in [0.15, 0.2) is 48.0 Å². The fourth-order valence-electron chi connectivity index (χ4n) is 4.35. The molecule has 2 fully saturated rings. The molecule has 2 heterocycles. The number of benzene rings is 2. The van der Waals surface area contributed by atoms with E-state index in [-0.39, 0.29) is 11.3 Å². The summed E-state index contributed by atoms with van der Waals surface area (Å²) in [6.07, 6.45) is 0. The minimum absolute atomic E-state index is 0.00172. The molecule has 2 aliphatic heterocycles. The van der Waals surface area contributed by atoms with Crippen LogP contribution in [-0.4, -0.2) is 73.1 Å². The Morgan fingerprint density at radius 1 is 1.12 bits per heavy atom. The zero-order chi connectivity index (χ0) is 23.5. The lowest BCUT2D eigenvalue weighted by molar-refractivity contribution is -0.140. The maximum atomic E-state index is 13.6. The van der Waals surface area contributed by atoms with Gasteiger partial charge in [-0.25, -0.2) is 4.39 Å². The van der Waals surface area contributed by atoms with E-state index < -0.39 is 23.5 Å². The molecule has 174 valence electrons. The van der Waals surface area contributed by atoms with Crippen molar-refractivity contribution in [2.24, 2.45) is 0 Å². The molecule has 0 aliphatic carbocycles. The van der Waals surface area contributed by atoms with Gasteiger partial charge < -0.3 is 19.5 Å². The Balaban J connectivity index is 1.75. The molecule has 4 rings (SSSR count). The molecule has 8 heteroatoms. The number of likely N-dealkylation sites (tertiary alicyclic amines) is 1. The number of aryl methyl sites for hydroxylation is 1. The van der Waals surface area contributed by atoms with E-state index in [0.717, 1.165) is 13.1 Å². The van der Waals surface area contributed by atoms with Crippen LogP contribution in [0.1, 0.15) is 22.7 Å². The number of amides is 1. The summed E-state index contributed by atoms with van der Waals surface area (Å²) in [5.41, 5.74) is 1.70. The van der Waals surface area contributed by atoms with Crippen molar-refractivity contribution in [2.45, 2.75) is 13.0 Å². The van der Waals surface area contributed by atoms with E-state index in [1.165, 1.54) is 17.0 Å². The lowest BCUT2D eigenvalue weighted by atomic mass is 9.94. The molecule has 2 aliphatic rings. The minimum atomic E-state index is -0.812. The van der Waals surface area contributed by atoms with Crippen molar-refractivity contribution < 1.29 is 28.6 Å². The van der Waals surface area contributed by atoms with Gasteiger partial charge in [0.15, 0.2) is 0 Å². The summed E-state index contributed by atoms with van der Waals surface area (Å²) in [5, 5.41) is 11.2. The molecule has 0 aromatic heterocycles. The summed E-state index contributed by atoms with van der Waals surface area (Å²) >= 11 is 0. The molecular formula is C25H27FN2O5. The van der Waals surface area contributed by atoms with E-state index in [1.807, 2.05) is 0 Å². The Labute approximate surface area is 192 Å². The highest BCUT2D eigenvalue weighted by atomic mass is 19.1. The normalized spacial score (nSPS) is 20.9. The Morgan fingerprint density at radius 3 is 2.45 bits per heavy atom. The molecule has 1 N–H and O–H groups in total. The van der Waals surface area contributed by atoms with Crippen molar-refractivity contribution in [3.8, 4) is 5.75 Å². The van der Waals surface area contributed by atoms with Crippen LogP contribution in [0.5, 0.6) is 5.75 Å². The Kier molecular flexibility index (Phi) is 6.76. The molecule has 0 spiro atoms. The molecular weight excluding hydrogens is 427 g/mol. The average Bonchev–Trinajstić information content (AvgIpc) is 3.08. The molecule has 1 amide bonds. The summed E-state index contributed by atoms with van der Waals surface area (Å²) in [6.45, 7) is 5.39. The number of morpholine rings is 1. The van der Waals surface area contributed by atoms with Crippen LogP contribution in [-0.2, 0) is 14.3 Å². The topological polar surface area (TPSA) is 79.3 Å². The molecule has 7 nitrogen and oxygen atoms in total. The van der Waals surface area contributed by atoms with Crippen molar-refractivity contribution in [1.82, 2.24) is 9.80 Å².